The summed E-state index contributed by atoms with van der Waals surface area (Å²) in [4.78, 5) is 0. The molecule has 1 saturated heterocycles. The van der Waals surface area contributed by atoms with E-state index < -0.39 is 0 Å². The van der Waals surface area contributed by atoms with Gasteiger partial charge in [-0.2, -0.15) is 0 Å². The smallest absolute Gasteiger partial charge is 0.107 e. The van der Waals surface area contributed by atoms with E-state index in [-0.39, 0.29) is 0 Å². The molecule has 0 aliphatic carbocycles. The molecule has 0 bridgehead atoms. The molecule has 0 aromatic rings. The van der Waals surface area contributed by atoms with Gasteiger partial charge in [0.25, 0.3) is 0 Å². The van der Waals surface area contributed by atoms with Crippen LogP contribution in [-0.2, 0) is 4.74 Å². The molecule has 0 saturated carbocycles. The van der Waals surface area contributed by atoms with Crippen molar-refractivity contribution in [3.63, 3.8) is 0 Å². The van der Waals surface area contributed by atoms with Gasteiger partial charge in [0.1, 0.15) is 12.6 Å². The van der Waals surface area contributed by atoms with Crippen molar-refractivity contribution in [3.05, 3.63) is 0 Å². The predicted molar refractivity (Wildman–Crippen MR) is 46.5 cm³/mol. The van der Waals surface area contributed by atoms with E-state index in [1.807, 2.05) is 0 Å². The molecule has 1 rings (SSSR count). The van der Waals surface area contributed by atoms with Crippen LogP contribution in [0.25, 0.3) is 0 Å². The first kappa shape index (κ1) is 9.01. The molecule has 0 radical (unpaired) electrons. The zero-order valence-corrected chi connectivity index (χ0v) is 8.13. The van der Waals surface area contributed by atoms with Crippen molar-refractivity contribution in [1.82, 2.24) is 0 Å². The first-order chi connectivity index (χ1) is 4.97. The Balaban J connectivity index is 2.29. The van der Waals surface area contributed by atoms with E-state index in [2.05, 4.69) is 28.1 Å². The molecule has 1 aliphatic heterocycles. The summed E-state index contributed by atoms with van der Waals surface area (Å²) in [5.74, 6) is 0. The highest BCUT2D eigenvalue weighted by molar-refractivity contribution is 4.69. The molecule has 2 atom stereocenters. The Morgan fingerprint density at radius 3 is 2.27 bits per heavy atom. The van der Waals surface area contributed by atoms with Gasteiger partial charge in [-0.05, 0) is 19.8 Å². The van der Waals surface area contributed by atoms with Crippen LogP contribution in [0.1, 0.15) is 19.8 Å². The van der Waals surface area contributed by atoms with Crippen molar-refractivity contribution in [2.75, 3.05) is 27.7 Å². The Morgan fingerprint density at radius 1 is 1.27 bits per heavy atom. The molecule has 1 fully saturated rings. The standard InChI is InChI=1S/C9H20NO/c1-8-5-6-9(11-8)7-10(2,3)4/h8-9H,5-7H2,1-4H3/q+1/t8-,9-/m0/s1. The third-order valence-electron chi connectivity index (χ3n) is 2.07. The van der Waals surface area contributed by atoms with Crippen molar-refractivity contribution in [1.29, 1.82) is 0 Å². The van der Waals surface area contributed by atoms with E-state index in [0.717, 1.165) is 11.0 Å². The Hall–Kier alpha value is -0.0800. The van der Waals surface area contributed by atoms with Crippen LogP contribution in [0.5, 0.6) is 0 Å². The van der Waals surface area contributed by atoms with Crippen molar-refractivity contribution in [2.24, 2.45) is 0 Å². The highest BCUT2D eigenvalue weighted by Crippen LogP contribution is 2.20. The molecule has 66 valence electrons. The maximum atomic E-state index is 5.72. The lowest BCUT2D eigenvalue weighted by molar-refractivity contribution is -0.873. The van der Waals surface area contributed by atoms with Gasteiger partial charge in [0.05, 0.1) is 27.2 Å². The monoisotopic (exact) mass is 158 g/mol. The molecule has 0 amide bonds. The molecular formula is C9H20NO+. The molecule has 1 heterocycles. The SMILES string of the molecule is C[C@H]1CC[C@@H](C[N+](C)(C)C)O1. The second-order valence-corrected chi connectivity index (χ2v) is 4.62. The van der Waals surface area contributed by atoms with Gasteiger partial charge in [-0.15, -0.1) is 0 Å². The molecule has 0 aromatic heterocycles. The van der Waals surface area contributed by atoms with Gasteiger partial charge < -0.3 is 9.22 Å². The zero-order valence-electron chi connectivity index (χ0n) is 8.13. The van der Waals surface area contributed by atoms with Crippen LogP contribution >= 0.6 is 0 Å². The van der Waals surface area contributed by atoms with Crippen LogP contribution in [0, 0.1) is 0 Å². The minimum absolute atomic E-state index is 0.492. The Labute approximate surface area is 69.7 Å². The minimum atomic E-state index is 0.492. The van der Waals surface area contributed by atoms with Crippen molar-refractivity contribution in [3.8, 4) is 0 Å². The first-order valence-corrected chi connectivity index (χ1v) is 4.43. The van der Waals surface area contributed by atoms with Crippen molar-refractivity contribution in [2.45, 2.75) is 32.0 Å². The third kappa shape index (κ3) is 3.21. The fourth-order valence-corrected chi connectivity index (χ4v) is 1.63. The molecule has 0 unspecified atom stereocenters. The number of nitrogens with zero attached hydrogens (tertiary/aromatic N) is 1. The third-order valence-corrected chi connectivity index (χ3v) is 2.07. The maximum Gasteiger partial charge on any atom is 0.107 e. The van der Waals surface area contributed by atoms with Crippen LogP contribution in [-0.4, -0.2) is 44.4 Å². The number of likely N-dealkylation sites (N-methyl/N-ethyl adjacent to an activating group) is 1. The van der Waals surface area contributed by atoms with E-state index >= 15 is 0 Å². The second kappa shape index (κ2) is 3.11. The average molecular weight is 158 g/mol. The van der Waals surface area contributed by atoms with Crippen LogP contribution < -0.4 is 0 Å². The van der Waals surface area contributed by atoms with Gasteiger partial charge in [-0.25, -0.2) is 0 Å². The van der Waals surface area contributed by atoms with Gasteiger partial charge in [0, 0.05) is 0 Å². The number of hydrogen-bond donors (Lipinski definition) is 0. The van der Waals surface area contributed by atoms with Gasteiger partial charge in [0.2, 0.25) is 0 Å². The molecule has 2 nitrogen and oxygen atoms in total. The van der Waals surface area contributed by atoms with Gasteiger partial charge >= 0.3 is 0 Å². The summed E-state index contributed by atoms with van der Waals surface area (Å²) in [5.41, 5.74) is 0. The number of ether oxygens (including phenoxy) is 1. The summed E-state index contributed by atoms with van der Waals surface area (Å²) in [7, 11) is 6.64. The molecule has 2 heteroatoms. The van der Waals surface area contributed by atoms with E-state index in [9.17, 15) is 0 Å². The highest BCUT2D eigenvalue weighted by atomic mass is 16.5. The summed E-state index contributed by atoms with van der Waals surface area (Å²) in [6.45, 7) is 3.31. The van der Waals surface area contributed by atoms with Crippen LogP contribution in [0.3, 0.4) is 0 Å². The maximum absolute atomic E-state index is 5.72. The fraction of sp³-hybridized carbons (Fsp3) is 1.00. The lowest BCUT2D eigenvalue weighted by atomic mass is 10.2. The Morgan fingerprint density at radius 2 is 1.91 bits per heavy atom. The molecule has 0 aromatic carbocycles. The second-order valence-electron chi connectivity index (χ2n) is 4.62. The Kier molecular flexibility index (Phi) is 2.55. The quantitative estimate of drug-likeness (QED) is 0.550. The van der Waals surface area contributed by atoms with Crippen LogP contribution in [0.15, 0.2) is 0 Å². The largest absolute Gasteiger partial charge is 0.369 e. The topological polar surface area (TPSA) is 9.23 Å². The zero-order chi connectivity index (χ0) is 8.48. The normalized spacial score (nSPS) is 32.7. The van der Waals surface area contributed by atoms with E-state index in [4.69, 9.17) is 4.74 Å². The lowest BCUT2D eigenvalue weighted by Gasteiger charge is -2.27. The highest BCUT2D eigenvalue weighted by Gasteiger charge is 2.26. The average Bonchev–Trinajstić information content (AvgIpc) is 2.10. The Bertz CT molecular complexity index is 128. The summed E-state index contributed by atoms with van der Waals surface area (Å²) >= 11 is 0. The van der Waals surface area contributed by atoms with Crippen LogP contribution in [0.2, 0.25) is 0 Å². The molecule has 0 N–H and O–H groups in total. The van der Waals surface area contributed by atoms with Crippen LogP contribution in [0.4, 0.5) is 0 Å². The summed E-state index contributed by atoms with van der Waals surface area (Å²) in [6.07, 6.45) is 3.48. The van der Waals surface area contributed by atoms with E-state index in [1.165, 1.54) is 12.8 Å². The van der Waals surface area contributed by atoms with E-state index in [0.29, 0.717) is 12.2 Å². The minimum Gasteiger partial charge on any atom is -0.369 e. The molecule has 0 spiro atoms. The lowest BCUT2D eigenvalue weighted by Crippen LogP contribution is -2.41. The molecule has 1 aliphatic rings. The van der Waals surface area contributed by atoms with Gasteiger partial charge in [0.15, 0.2) is 0 Å². The number of rotatable bonds is 2. The van der Waals surface area contributed by atoms with Crippen molar-refractivity contribution < 1.29 is 9.22 Å². The summed E-state index contributed by atoms with van der Waals surface area (Å²) in [6, 6.07) is 0. The fourth-order valence-electron chi connectivity index (χ4n) is 1.63. The summed E-state index contributed by atoms with van der Waals surface area (Å²) in [5, 5.41) is 0. The van der Waals surface area contributed by atoms with Crippen molar-refractivity contribution >= 4 is 0 Å². The molecular weight excluding hydrogens is 138 g/mol. The first-order valence-electron chi connectivity index (χ1n) is 4.43. The van der Waals surface area contributed by atoms with Gasteiger partial charge in [-0.3, -0.25) is 0 Å². The van der Waals surface area contributed by atoms with Gasteiger partial charge in [-0.1, -0.05) is 0 Å². The summed E-state index contributed by atoms with van der Waals surface area (Å²) < 4.78 is 6.73. The van der Waals surface area contributed by atoms with E-state index in [1.54, 1.807) is 0 Å². The molecule has 11 heavy (non-hydrogen) atoms. The number of hydrogen-bond acceptors (Lipinski definition) is 1. The predicted octanol–water partition coefficient (Wildman–Crippen LogP) is 1.26. The number of quaternary nitrogens is 1.